The molecule has 30 heavy (non-hydrogen) atoms. The van der Waals surface area contributed by atoms with Gasteiger partial charge >= 0.3 is 0 Å². The average molecular weight is 447 g/mol. The summed E-state index contributed by atoms with van der Waals surface area (Å²) in [5.74, 6) is 0.654. The van der Waals surface area contributed by atoms with Gasteiger partial charge in [-0.3, -0.25) is 19.1 Å². The van der Waals surface area contributed by atoms with E-state index in [0.717, 1.165) is 37.3 Å². The van der Waals surface area contributed by atoms with E-state index in [-0.39, 0.29) is 17.0 Å². The smallest absolute Gasteiger partial charge is 0.270 e. The fourth-order valence-corrected chi connectivity index (χ4v) is 5.19. The molecule has 1 amide bonds. The molecule has 0 bridgehead atoms. The fraction of sp³-hybridized carbons (Fsp3) is 0.524. The van der Waals surface area contributed by atoms with Crippen LogP contribution >= 0.6 is 24.0 Å². The predicted octanol–water partition coefficient (Wildman–Crippen LogP) is 2.89. The number of nitrogens with zero attached hydrogens (tertiary/aromatic N) is 4. The number of methoxy groups -OCH3 is 1. The lowest BCUT2D eigenvalue weighted by Crippen LogP contribution is -2.33. The summed E-state index contributed by atoms with van der Waals surface area (Å²) in [7, 11) is 1.63. The fourth-order valence-electron chi connectivity index (χ4n) is 3.90. The Morgan fingerprint density at radius 1 is 1.30 bits per heavy atom. The van der Waals surface area contributed by atoms with E-state index in [1.807, 2.05) is 13.0 Å². The normalized spacial score (nSPS) is 18.0. The van der Waals surface area contributed by atoms with Crippen LogP contribution in [0.25, 0.3) is 6.08 Å². The number of ether oxygens (including phenoxy) is 1. The van der Waals surface area contributed by atoms with Gasteiger partial charge in [0.2, 0.25) is 0 Å². The van der Waals surface area contributed by atoms with E-state index in [2.05, 4.69) is 11.0 Å². The van der Waals surface area contributed by atoms with E-state index in [1.54, 1.807) is 23.5 Å². The Balaban J connectivity index is 2.11. The van der Waals surface area contributed by atoms with Crippen LogP contribution in [0.3, 0.4) is 0 Å². The van der Waals surface area contributed by atoms with Crippen molar-refractivity contribution < 1.29 is 9.53 Å². The van der Waals surface area contributed by atoms with Crippen molar-refractivity contribution in [3.05, 3.63) is 31.9 Å². The summed E-state index contributed by atoms with van der Waals surface area (Å²) in [4.78, 5) is 30.2. The molecule has 0 unspecified atom stereocenters. The van der Waals surface area contributed by atoms with Crippen LogP contribution in [-0.2, 0) is 16.1 Å². The van der Waals surface area contributed by atoms with Crippen molar-refractivity contribution in [2.75, 3.05) is 38.3 Å². The first kappa shape index (κ1) is 22.5. The molecule has 2 aliphatic rings. The number of anilines is 1. The van der Waals surface area contributed by atoms with Crippen molar-refractivity contribution in [1.82, 2.24) is 9.47 Å². The van der Waals surface area contributed by atoms with Crippen molar-refractivity contribution in [2.45, 2.75) is 39.7 Å². The highest BCUT2D eigenvalue weighted by Crippen LogP contribution is 2.36. The van der Waals surface area contributed by atoms with E-state index in [4.69, 9.17) is 17.0 Å². The second-order valence-electron chi connectivity index (χ2n) is 7.27. The minimum Gasteiger partial charge on any atom is -0.385 e. The van der Waals surface area contributed by atoms with E-state index in [0.29, 0.717) is 40.9 Å². The van der Waals surface area contributed by atoms with Crippen molar-refractivity contribution in [1.29, 1.82) is 5.26 Å². The van der Waals surface area contributed by atoms with Crippen LogP contribution in [0.15, 0.2) is 9.70 Å². The van der Waals surface area contributed by atoms with E-state index in [9.17, 15) is 14.9 Å². The molecule has 1 aromatic rings. The monoisotopic (exact) mass is 446 g/mol. The Morgan fingerprint density at radius 3 is 2.60 bits per heavy atom. The molecule has 0 atom stereocenters. The Bertz CT molecular complexity index is 987. The number of nitriles is 1. The van der Waals surface area contributed by atoms with Gasteiger partial charge in [-0.25, -0.2) is 0 Å². The highest BCUT2D eigenvalue weighted by atomic mass is 32.2. The third-order valence-electron chi connectivity index (χ3n) is 5.45. The minimum absolute atomic E-state index is 0.127. The van der Waals surface area contributed by atoms with Gasteiger partial charge < -0.3 is 9.64 Å². The summed E-state index contributed by atoms with van der Waals surface area (Å²) >= 11 is 6.68. The van der Waals surface area contributed by atoms with E-state index in [1.165, 1.54) is 11.8 Å². The number of carbonyl (C=O) groups excluding carboxylic acids is 1. The number of carbonyl (C=O) groups is 1. The molecule has 9 heteroatoms. The second kappa shape index (κ2) is 9.77. The topological polar surface area (TPSA) is 78.6 Å². The first-order valence-electron chi connectivity index (χ1n) is 10.1. The number of rotatable bonds is 7. The lowest BCUT2D eigenvalue weighted by atomic mass is 10.0. The number of thioether (sulfide) groups is 1. The molecule has 0 aromatic carbocycles. The largest absolute Gasteiger partial charge is 0.385 e. The standard InChI is InChI=1S/C21H26N4O3S2/c1-4-24-18(23-8-5-6-9-23)15(14(2)16(13-22)19(24)26)12-17-20(27)25(21(29)30-17)10-7-11-28-3/h12H,4-11H2,1-3H3. The van der Waals surface area contributed by atoms with Gasteiger partial charge in [-0.05, 0) is 44.7 Å². The maximum atomic E-state index is 13.0. The zero-order valence-corrected chi connectivity index (χ0v) is 19.2. The molecule has 0 radical (unpaired) electrons. The SMILES string of the molecule is CCn1c(N2CCCC2)c(C=C2SC(=S)N(CCCOC)C2=O)c(C)c(C#N)c1=O. The Morgan fingerprint density at radius 2 is 2.00 bits per heavy atom. The van der Waals surface area contributed by atoms with Gasteiger partial charge in [-0.1, -0.05) is 24.0 Å². The van der Waals surface area contributed by atoms with Crippen LogP contribution in [0.2, 0.25) is 0 Å². The highest BCUT2D eigenvalue weighted by Gasteiger charge is 2.33. The molecule has 2 aliphatic heterocycles. The molecule has 0 aliphatic carbocycles. The molecule has 160 valence electrons. The number of hydrogen-bond acceptors (Lipinski definition) is 7. The summed E-state index contributed by atoms with van der Waals surface area (Å²) in [5, 5.41) is 9.61. The number of thiocarbonyl (C=S) groups is 1. The second-order valence-corrected chi connectivity index (χ2v) is 8.95. The molecule has 0 spiro atoms. The number of pyridine rings is 1. The molecular formula is C21H26N4O3S2. The molecule has 3 heterocycles. The van der Waals surface area contributed by atoms with Gasteiger partial charge in [0.25, 0.3) is 11.5 Å². The Kier molecular flexibility index (Phi) is 7.34. The molecule has 0 N–H and O–H groups in total. The highest BCUT2D eigenvalue weighted by molar-refractivity contribution is 8.26. The number of hydrogen-bond donors (Lipinski definition) is 0. The third-order valence-corrected chi connectivity index (χ3v) is 6.83. The zero-order chi connectivity index (χ0) is 21.8. The third kappa shape index (κ3) is 4.17. The van der Waals surface area contributed by atoms with Crippen LogP contribution in [0.5, 0.6) is 0 Å². The maximum Gasteiger partial charge on any atom is 0.270 e. The lowest BCUT2D eigenvalue weighted by molar-refractivity contribution is -0.122. The van der Waals surface area contributed by atoms with Crippen LogP contribution in [0, 0.1) is 18.3 Å². The summed E-state index contributed by atoms with van der Waals surface area (Å²) < 4.78 is 7.25. The van der Waals surface area contributed by atoms with Crippen LogP contribution in [-0.4, -0.2) is 53.0 Å². The number of aromatic nitrogens is 1. The molecule has 2 fully saturated rings. The van der Waals surface area contributed by atoms with Crippen molar-refractivity contribution in [3.63, 3.8) is 0 Å². The van der Waals surface area contributed by atoms with Crippen molar-refractivity contribution in [2.24, 2.45) is 0 Å². The molecule has 7 nitrogen and oxygen atoms in total. The Labute approximate surface area is 186 Å². The minimum atomic E-state index is -0.274. The van der Waals surface area contributed by atoms with Gasteiger partial charge in [0.15, 0.2) is 0 Å². The summed E-state index contributed by atoms with van der Waals surface area (Å²) in [5.41, 5.74) is 1.22. The van der Waals surface area contributed by atoms with Crippen LogP contribution in [0.4, 0.5) is 5.82 Å². The molecule has 3 rings (SSSR count). The first-order valence-corrected chi connectivity index (χ1v) is 11.3. The molecule has 0 saturated carbocycles. The van der Waals surface area contributed by atoms with Crippen LogP contribution in [0.1, 0.15) is 42.9 Å². The van der Waals surface area contributed by atoms with Crippen molar-refractivity contribution in [3.8, 4) is 6.07 Å². The Hall–Kier alpha value is -2.15. The summed E-state index contributed by atoms with van der Waals surface area (Å²) in [6.07, 6.45) is 4.62. The van der Waals surface area contributed by atoms with Gasteiger partial charge in [0, 0.05) is 45.5 Å². The molecule has 1 aromatic heterocycles. The average Bonchev–Trinajstić information content (AvgIpc) is 3.34. The lowest BCUT2D eigenvalue weighted by Gasteiger charge is -2.26. The number of amides is 1. The van der Waals surface area contributed by atoms with E-state index >= 15 is 0 Å². The quantitative estimate of drug-likeness (QED) is 0.362. The van der Waals surface area contributed by atoms with Gasteiger partial charge in [0.1, 0.15) is 21.8 Å². The zero-order valence-electron chi connectivity index (χ0n) is 17.6. The predicted molar refractivity (Wildman–Crippen MR) is 124 cm³/mol. The first-order chi connectivity index (χ1) is 14.4. The summed E-state index contributed by atoms with van der Waals surface area (Å²) in [6.45, 7) is 6.90. The summed E-state index contributed by atoms with van der Waals surface area (Å²) in [6, 6.07) is 2.06. The molecule has 2 saturated heterocycles. The maximum absolute atomic E-state index is 13.0. The van der Waals surface area contributed by atoms with Crippen LogP contribution < -0.4 is 10.5 Å². The van der Waals surface area contributed by atoms with Gasteiger partial charge in [-0.15, -0.1) is 0 Å². The molecular weight excluding hydrogens is 420 g/mol. The van der Waals surface area contributed by atoms with Crippen molar-refractivity contribution >= 4 is 46.1 Å². The van der Waals surface area contributed by atoms with Gasteiger partial charge in [0.05, 0.1) is 4.91 Å². The van der Waals surface area contributed by atoms with Gasteiger partial charge in [-0.2, -0.15) is 5.26 Å². The van der Waals surface area contributed by atoms with E-state index < -0.39 is 0 Å².